The molecule has 7 heteroatoms. The molecule has 1 atom stereocenters. The van der Waals surface area contributed by atoms with E-state index in [2.05, 4.69) is 26.2 Å². The number of aryl methyl sites for hydroxylation is 1. The van der Waals surface area contributed by atoms with E-state index in [0.717, 1.165) is 0 Å². The minimum atomic E-state index is -0.863. The summed E-state index contributed by atoms with van der Waals surface area (Å²) in [7, 11) is -0.863. The van der Waals surface area contributed by atoms with Gasteiger partial charge in [-0.2, -0.15) is 0 Å². The number of nitrogens with one attached hydrogen (secondary N) is 2. The molecule has 0 saturated carbocycles. The van der Waals surface area contributed by atoms with Gasteiger partial charge in [-0.3, -0.25) is 13.8 Å². The second-order valence-electron chi connectivity index (χ2n) is 3.87. The van der Waals surface area contributed by atoms with E-state index in [-0.39, 0.29) is 5.56 Å². The van der Waals surface area contributed by atoms with Crippen LogP contribution in [-0.2, 0) is 10.8 Å². The molecule has 18 heavy (non-hydrogen) atoms. The number of hydrogen-bond donors (Lipinski definition) is 2. The molecule has 0 bridgehead atoms. The highest BCUT2D eigenvalue weighted by Gasteiger charge is 2.11. The van der Waals surface area contributed by atoms with Crippen LogP contribution in [0, 0.1) is 6.92 Å². The number of pyridine rings is 1. The van der Waals surface area contributed by atoms with Crippen molar-refractivity contribution in [3.8, 4) is 0 Å². The van der Waals surface area contributed by atoms with E-state index in [4.69, 9.17) is 0 Å². The highest BCUT2D eigenvalue weighted by Crippen LogP contribution is 2.12. The summed E-state index contributed by atoms with van der Waals surface area (Å²) in [5, 5.41) is 2.63. The lowest BCUT2D eigenvalue weighted by Gasteiger charge is -2.05. The Morgan fingerprint density at radius 3 is 2.83 bits per heavy atom. The number of H-pyrrole nitrogens is 1. The van der Waals surface area contributed by atoms with Crippen LogP contribution in [0.1, 0.15) is 22.5 Å². The fraction of sp³-hybridized carbons (Fsp3) is 0.455. The number of aromatic amines is 1. The lowest BCUT2D eigenvalue weighted by molar-refractivity contribution is 0.0952. The van der Waals surface area contributed by atoms with Gasteiger partial charge in [-0.1, -0.05) is 0 Å². The topological polar surface area (TPSA) is 79.0 Å². The zero-order chi connectivity index (χ0) is 13.7. The lowest BCUT2D eigenvalue weighted by Crippen LogP contribution is -2.31. The van der Waals surface area contributed by atoms with Gasteiger partial charge in [0.2, 0.25) is 0 Å². The van der Waals surface area contributed by atoms with Gasteiger partial charge in [0.1, 0.15) is 5.56 Å². The normalized spacial score (nSPS) is 12.2. The number of halogens is 1. The van der Waals surface area contributed by atoms with Crippen LogP contribution in [0.2, 0.25) is 0 Å². The molecule has 2 N–H and O–H groups in total. The molecule has 5 nitrogen and oxygen atoms in total. The van der Waals surface area contributed by atoms with Crippen molar-refractivity contribution < 1.29 is 9.00 Å². The van der Waals surface area contributed by atoms with Crippen LogP contribution in [0.25, 0.3) is 0 Å². The summed E-state index contributed by atoms with van der Waals surface area (Å²) in [6.45, 7) is 2.15. The third kappa shape index (κ3) is 4.38. The van der Waals surface area contributed by atoms with Crippen LogP contribution < -0.4 is 10.9 Å². The summed E-state index contributed by atoms with van der Waals surface area (Å²) in [5.41, 5.74) is 0.343. The Balaban J connectivity index is 2.65. The van der Waals surface area contributed by atoms with Gasteiger partial charge in [-0.05, 0) is 35.3 Å². The molecule has 1 aromatic rings. The van der Waals surface area contributed by atoms with Gasteiger partial charge in [0.25, 0.3) is 11.5 Å². The highest BCUT2D eigenvalue weighted by molar-refractivity contribution is 9.10. The lowest BCUT2D eigenvalue weighted by atomic mass is 10.2. The number of aromatic nitrogens is 1. The first-order valence-corrected chi connectivity index (χ1v) is 7.91. The number of amides is 1. The number of carbonyl (C=O) groups is 1. The van der Waals surface area contributed by atoms with Gasteiger partial charge in [0, 0.05) is 39.5 Å². The first-order valence-electron chi connectivity index (χ1n) is 5.39. The SMILES string of the molecule is Cc1[nH]c(=O)c(C(=O)NCCC[S@](C)=O)cc1Br. The summed E-state index contributed by atoms with van der Waals surface area (Å²) in [5.74, 6) is 0.118. The summed E-state index contributed by atoms with van der Waals surface area (Å²) < 4.78 is 11.5. The first-order chi connectivity index (χ1) is 8.41. The van der Waals surface area contributed by atoms with E-state index < -0.39 is 22.3 Å². The van der Waals surface area contributed by atoms with Crippen LogP contribution in [0.15, 0.2) is 15.3 Å². The minimum absolute atomic E-state index is 0.0742. The highest BCUT2D eigenvalue weighted by atomic mass is 79.9. The Morgan fingerprint density at radius 2 is 2.22 bits per heavy atom. The first kappa shape index (κ1) is 15.1. The molecule has 0 aliphatic heterocycles. The Bertz CT molecular complexity index is 528. The van der Waals surface area contributed by atoms with Crippen LogP contribution in [-0.4, -0.2) is 33.7 Å². The third-order valence-electron chi connectivity index (χ3n) is 2.31. The van der Waals surface area contributed by atoms with Gasteiger partial charge in [-0.25, -0.2) is 0 Å². The van der Waals surface area contributed by atoms with E-state index in [1.165, 1.54) is 6.07 Å². The number of carbonyl (C=O) groups excluding carboxylic acids is 1. The second kappa shape index (κ2) is 6.84. The Morgan fingerprint density at radius 1 is 1.56 bits per heavy atom. The van der Waals surface area contributed by atoms with E-state index in [0.29, 0.717) is 28.9 Å². The molecule has 1 aromatic heterocycles. The molecule has 0 spiro atoms. The van der Waals surface area contributed by atoms with Crippen molar-refractivity contribution in [2.24, 2.45) is 0 Å². The van der Waals surface area contributed by atoms with E-state index in [9.17, 15) is 13.8 Å². The maximum Gasteiger partial charge on any atom is 0.261 e. The fourth-order valence-electron chi connectivity index (χ4n) is 1.34. The van der Waals surface area contributed by atoms with E-state index in [1.807, 2.05) is 0 Å². The zero-order valence-corrected chi connectivity index (χ0v) is 12.6. The van der Waals surface area contributed by atoms with E-state index >= 15 is 0 Å². The molecule has 0 saturated heterocycles. The largest absolute Gasteiger partial charge is 0.352 e. The predicted octanol–water partition coefficient (Wildman–Crippen LogP) is 0.944. The average molecular weight is 335 g/mol. The van der Waals surface area contributed by atoms with Crippen molar-refractivity contribution in [3.05, 3.63) is 32.2 Å². The van der Waals surface area contributed by atoms with Crippen LogP contribution in [0.5, 0.6) is 0 Å². The second-order valence-corrected chi connectivity index (χ2v) is 6.28. The van der Waals surface area contributed by atoms with Crippen molar-refractivity contribution in [1.82, 2.24) is 10.3 Å². The van der Waals surface area contributed by atoms with E-state index in [1.54, 1.807) is 13.2 Å². The number of hydrogen-bond acceptors (Lipinski definition) is 3. The Kier molecular flexibility index (Phi) is 5.74. The number of rotatable bonds is 5. The standard InChI is InChI=1S/C11H15BrN2O3S/c1-7-9(12)6-8(11(16)14-7)10(15)13-4-3-5-18(2)17/h6H,3-5H2,1-2H3,(H,13,15)(H,14,16)/t18-/m0/s1. The molecule has 1 heterocycles. The molecule has 0 unspecified atom stereocenters. The van der Waals surface area contributed by atoms with Gasteiger partial charge in [0.05, 0.1) is 0 Å². The van der Waals surface area contributed by atoms with Crippen molar-refractivity contribution in [3.63, 3.8) is 0 Å². The average Bonchev–Trinajstić information content (AvgIpc) is 2.28. The maximum atomic E-state index is 11.7. The van der Waals surface area contributed by atoms with Gasteiger partial charge in [0.15, 0.2) is 0 Å². The summed E-state index contributed by atoms with van der Waals surface area (Å²) in [6.07, 6.45) is 2.24. The monoisotopic (exact) mass is 334 g/mol. The van der Waals surface area contributed by atoms with Gasteiger partial charge < -0.3 is 10.3 Å². The van der Waals surface area contributed by atoms with Crippen LogP contribution >= 0.6 is 15.9 Å². The predicted molar refractivity (Wildman–Crippen MR) is 75.4 cm³/mol. The molecule has 0 aromatic carbocycles. The quantitative estimate of drug-likeness (QED) is 0.786. The molecule has 0 aliphatic rings. The van der Waals surface area contributed by atoms with Crippen molar-refractivity contribution in [1.29, 1.82) is 0 Å². The Hall–Kier alpha value is -0.950. The third-order valence-corrected chi connectivity index (χ3v) is 4.00. The van der Waals surface area contributed by atoms with Crippen molar-refractivity contribution in [2.45, 2.75) is 13.3 Å². The molecule has 100 valence electrons. The molecule has 0 radical (unpaired) electrons. The van der Waals surface area contributed by atoms with Crippen LogP contribution in [0.3, 0.4) is 0 Å². The van der Waals surface area contributed by atoms with Crippen LogP contribution in [0.4, 0.5) is 0 Å². The zero-order valence-electron chi connectivity index (χ0n) is 10.2. The minimum Gasteiger partial charge on any atom is -0.352 e. The summed E-state index contributed by atoms with van der Waals surface area (Å²) in [4.78, 5) is 25.9. The maximum absolute atomic E-state index is 11.7. The van der Waals surface area contributed by atoms with Crippen molar-refractivity contribution in [2.75, 3.05) is 18.6 Å². The Labute approximate surface area is 116 Å². The molecular formula is C11H15BrN2O3S. The van der Waals surface area contributed by atoms with Crippen molar-refractivity contribution >= 4 is 32.6 Å². The summed E-state index contributed by atoms with van der Waals surface area (Å²) in [6, 6.07) is 1.50. The fourth-order valence-corrected chi connectivity index (χ4v) is 2.22. The molecule has 1 amide bonds. The summed E-state index contributed by atoms with van der Waals surface area (Å²) >= 11 is 3.26. The molecule has 1 rings (SSSR count). The molecule has 0 fully saturated rings. The smallest absolute Gasteiger partial charge is 0.261 e. The van der Waals surface area contributed by atoms with Gasteiger partial charge in [-0.15, -0.1) is 0 Å². The molecule has 0 aliphatic carbocycles. The van der Waals surface area contributed by atoms with Gasteiger partial charge >= 0.3 is 0 Å². The molecular weight excluding hydrogens is 320 g/mol.